The maximum atomic E-state index is 15.4. The molecule has 1 aromatic rings. The number of nitrogens with zero attached hydrogens (tertiary/aromatic N) is 5. The number of likely N-dealkylation sites (N-methyl/N-ethyl adjacent to an activating group) is 1. The zero-order valence-corrected chi connectivity index (χ0v) is 20.0. The van der Waals surface area contributed by atoms with Gasteiger partial charge >= 0.3 is 0 Å². The molecule has 2 amide bonds. The second kappa shape index (κ2) is 11.7. The van der Waals surface area contributed by atoms with E-state index in [1.165, 1.54) is 0 Å². The number of nitrogens with one attached hydrogen (secondary N) is 1. The number of hydrogen-bond donors (Lipinski definition) is 2. The molecule has 33 heavy (non-hydrogen) atoms. The number of hydrogen-bond acceptors (Lipinski definition) is 7. The fourth-order valence-corrected chi connectivity index (χ4v) is 4.87. The molecule has 2 heterocycles. The SMILES string of the molecule is CCc1nc(CNC(=O)[C@H](CC2CCCC2)CN(O)C=O)c(F)c(N2CC[C@@H](N(C)C)C2)n1. The fraction of sp³-hybridized carbons (Fsp3) is 0.739. The summed E-state index contributed by atoms with van der Waals surface area (Å²) in [6.45, 7) is 3.18. The van der Waals surface area contributed by atoms with Crippen LogP contribution in [0.2, 0.25) is 0 Å². The summed E-state index contributed by atoms with van der Waals surface area (Å²) in [5.74, 6) is -0.146. The van der Waals surface area contributed by atoms with Crippen LogP contribution in [-0.2, 0) is 22.6 Å². The number of aromatic nitrogens is 2. The molecule has 2 fully saturated rings. The first-order valence-electron chi connectivity index (χ1n) is 12.0. The Morgan fingerprint density at radius 3 is 2.64 bits per heavy atom. The molecule has 2 N–H and O–H groups in total. The summed E-state index contributed by atoms with van der Waals surface area (Å²) in [4.78, 5) is 36.7. The molecule has 0 spiro atoms. The molecule has 1 saturated carbocycles. The van der Waals surface area contributed by atoms with E-state index in [2.05, 4.69) is 20.2 Å². The van der Waals surface area contributed by atoms with Crippen LogP contribution in [-0.4, -0.2) is 77.2 Å². The van der Waals surface area contributed by atoms with Crippen molar-refractivity contribution in [3.63, 3.8) is 0 Å². The van der Waals surface area contributed by atoms with E-state index in [9.17, 15) is 14.8 Å². The number of halogens is 1. The van der Waals surface area contributed by atoms with Gasteiger partial charge in [0.1, 0.15) is 11.5 Å². The predicted molar refractivity (Wildman–Crippen MR) is 122 cm³/mol. The van der Waals surface area contributed by atoms with Crippen LogP contribution in [0.3, 0.4) is 0 Å². The second-order valence-electron chi connectivity index (χ2n) is 9.46. The number of carbonyl (C=O) groups is 2. The lowest BCUT2D eigenvalue weighted by Crippen LogP contribution is -2.38. The second-order valence-corrected chi connectivity index (χ2v) is 9.46. The van der Waals surface area contributed by atoms with E-state index < -0.39 is 11.7 Å². The van der Waals surface area contributed by atoms with E-state index in [-0.39, 0.29) is 24.7 Å². The van der Waals surface area contributed by atoms with Gasteiger partial charge in [0.25, 0.3) is 0 Å². The van der Waals surface area contributed by atoms with Crippen LogP contribution in [0.25, 0.3) is 0 Å². The van der Waals surface area contributed by atoms with Gasteiger partial charge in [-0.3, -0.25) is 14.8 Å². The average molecular weight is 465 g/mol. The van der Waals surface area contributed by atoms with Crippen LogP contribution < -0.4 is 10.2 Å². The number of aryl methyl sites for hydroxylation is 1. The first kappa shape index (κ1) is 25.3. The van der Waals surface area contributed by atoms with E-state index in [0.717, 1.165) is 32.1 Å². The zero-order valence-electron chi connectivity index (χ0n) is 20.0. The van der Waals surface area contributed by atoms with Crippen molar-refractivity contribution in [1.82, 2.24) is 25.2 Å². The van der Waals surface area contributed by atoms with Crippen molar-refractivity contribution in [2.45, 2.75) is 64.5 Å². The van der Waals surface area contributed by atoms with Gasteiger partial charge in [-0.05, 0) is 32.9 Å². The Morgan fingerprint density at radius 1 is 1.30 bits per heavy atom. The van der Waals surface area contributed by atoms with Crippen LogP contribution in [0.4, 0.5) is 10.2 Å². The Hall–Kier alpha value is -2.33. The first-order chi connectivity index (χ1) is 15.8. The van der Waals surface area contributed by atoms with E-state index in [1.807, 2.05) is 25.9 Å². The summed E-state index contributed by atoms with van der Waals surface area (Å²) in [7, 11) is 4.03. The van der Waals surface area contributed by atoms with Gasteiger partial charge in [0.05, 0.1) is 19.0 Å². The molecule has 0 radical (unpaired) electrons. The molecule has 1 saturated heterocycles. The molecular formula is C23H37FN6O3. The highest BCUT2D eigenvalue weighted by Gasteiger charge is 2.30. The number of hydroxylamine groups is 2. The van der Waals surface area contributed by atoms with Crippen molar-refractivity contribution in [1.29, 1.82) is 0 Å². The molecule has 1 aromatic heterocycles. The summed E-state index contributed by atoms with van der Waals surface area (Å²) in [6, 6.07) is 0.336. The standard InChI is InChI=1S/C23H37FN6O3/c1-4-20-26-19(21(24)22(27-20)29-10-9-18(14-29)28(2)3)12-25-23(32)17(13-30(33)15-31)11-16-7-5-6-8-16/h15-18,33H,4-14H2,1-3H3,(H,25,32)/t17-,18-/m1/s1. The summed E-state index contributed by atoms with van der Waals surface area (Å²) >= 11 is 0. The minimum atomic E-state index is -0.558. The van der Waals surface area contributed by atoms with Gasteiger partial charge in [-0.1, -0.05) is 32.6 Å². The Morgan fingerprint density at radius 2 is 2.03 bits per heavy atom. The minimum Gasteiger partial charge on any atom is -0.352 e. The minimum absolute atomic E-state index is 0.0637. The van der Waals surface area contributed by atoms with Gasteiger partial charge < -0.3 is 15.1 Å². The summed E-state index contributed by atoms with van der Waals surface area (Å²) < 4.78 is 15.4. The van der Waals surface area contributed by atoms with Crippen molar-refractivity contribution in [3.05, 3.63) is 17.3 Å². The molecule has 3 rings (SSSR count). The lowest BCUT2D eigenvalue weighted by molar-refractivity contribution is -0.155. The zero-order chi connectivity index (χ0) is 24.0. The van der Waals surface area contributed by atoms with Gasteiger partial charge in [0.2, 0.25) is 12.3 Å². The largest absolute Gasteiger partial charge is 0.352 e. The van der Waals surface area contributed by atoms with Crippen molar-refractivity contribution >= 4 is 18.1 Å². The molecule has 0 aromatic carbocycles. The number of amides is 2. The molecule has 0 unspecified atom stereocenters. The Kier molecular flexibility index (Phi) is 8.96. The molecule has 184 valence electrons. The van der Waals surface area contributed by atoms with Crippen molar-refractivity contribution < 1.29 is 19.2 Å². The van der Waals surface area contributed by atoms with Gasteiger partial charge in [0, 0.05) is 25.6 Å². The van der Waals surface area contributed by atoms with Crippen molar-refractivity contribution in [2.24, 2.45) is 11.8 Å². The molecule has 2 aliphatic rings. The molecule has 0 bridgehead atoms. The topological polar surface area (TPSA) is 102 Å². The molecular weight excluding hydrogens is 427 g/mol. The highest BCUT2D eigenvalue weighted by atomic mass is 19.1. The van der Waals surface area contributed by atoms with Crippen LogP contribution in [0.5, 0.6) is 0 Å². The van der Waals surface area contributed by atoms with Crippen LogP contribution in [0, 0.1) is 17.7 Å². The molecule has 10 heteroatoms. The van der Waals surface area contributed by atoms with Crippen LogP contribution >= 0.6 is 0 Å². The van der Waals surface area contributed by atoms with Gasteiger partial charge in [0.15, 0.2) is 11.6 Å². The van der Waals surface area contributed by atoms with Crippen molar-refractivity contribution in [2.75, 3.05) is 38.6 Å². The highest BCUT2D eigenvalue weighted by Crippen LogP contribution is 2.31. The Labute approximate surface area is 195 Å². The predicted octanol–water partition coefficient (Wildman–Crippen LogP) is 1.98. The summed E-state index contributed by atoms with van der Waals surface area (Å²) in [5.41, 5.74) is 0.161. The lowest BCUT2D eigenvalue weighted by atomic mass is 9.92. The quantitative estimate of drug-likeness (QED) is 0.293. The average Bonchev–Trinajstić information content (AvgIpc) is 3.50. The molecule has 1 aliphatic carbocycles. The third kappa shape index (κ3) is 6.60. The monoisotopic (exact) mass is 464 g/mol. The Bertz CT molecular complexity index is 818. The van der Waals surface area contributed by atoms with Gasteiger partial charge in [-0.25, -0.2) is 19.4 Å². The van der Waals surface area contributed by atoms with E-state index in [4.69, 9.17) is 0 Å². The smallest absolute Gasteiger partial charge is 0.233 e. The van der Waals surface area contributed by atoms with E-state index >= 15 is 4.39 Å². The third-order valence-corrected chi connectivity index (χ3v) is 6.88. The number of carbonyl (C=O) groups excluding carboxylic acids is 2. The van der Waals surface area contributed by atoms with E-state index in [1.54, 1.807) is 0 Å². The van der Waals surface area contributed by atoms with Crippen LogP contribution in [0.15, 0.2) is 0 Å². The number of anilines is 1. The van der Waals surface area contributed by atoms with Gasteiger partial charge in [-0.2, -0.15) is 0 Å². The molecule has 9 nitrogen and oxygen atoms in total. The Balaban J connectivity index is 1.71. The van der Waals surface area contributed by atoms with Gasteiger partial charge in [-0.15, -0.1) is 0 Å². The maximum Gasteiger partial charge on any atom is 0.233 e. The lowest BCUT2D eigenvalue weighted by Gasteiger charge is -2.23. The molecule has 1 aliphatic heterocycles. The van der Waals surface area contributed by atoms with Crippen molar-refractivity contribution in [3.8, 4) is 0 Å². The molecule has 2 atom stereocenters. The first-order valence-corrected chi connectivity index (χ1v) is 12.0. The normalized spacial score (nSPS) is 19.8. The number of rotatable bonds is 11. The fourth-order valence-electron chi connectivity index (χ4n) is 4.87. The summed E-state index contributed by atoms with van der Waals surface area (Å²) in [5, 5.41) is 13.0. The maximum absolute atomic E-state index is 15.4. The van der Waals surface area contributed by atoms with Crippen LogP contribution in [0.1, 0.15) is 57.0 Å². The third-order valence-electron chi connectivity index (χ3n) is 6.88. The highest BCUT2D eigenvalue weighted by molar-refractivity contribution is 5.79. The van der Waals surface area contributed by atoms with E-state index in [0.29, 0.717) is 61.0 Å². The summed E-state index contributed by atoms with van der Waals surface area (Å²) in [6.07, 6.45) is 6.74.